The van der Waals surface area contributed by atoms with Crippen LogP contribution in [0.3, 0.4) is 0 Å². The highest BCUT2D eigenvalue weighted by Crippen LogP contribution is 2.45. The van der Waals surface area contributed by atoms with Crippen LogP contribution in [0.15, 0.2) is 6.20 Å². The van der Waals surface area contributed by atoms with Crippen molar-refractivity contribution < 1.29 is 9.90 Å². The summed E-state index contributed by atoms with van der Waals surface area (Å²) in [6, 6.07) is 0. The highest BCUT2D eigenvalue weighted by Gasteiger charge is 2.45. The number of nitrogens with zero attached hydrogens (tertiary/aromatic N) is 4. The highest BCUT2D eigenvalue weighted by atomic mass is 32.2. The van der Waals surface area contributed by atoms with Crippen molar-refractivity contribution in [2.24, 2.45) is 18.4 Å². The third-order valence-corrected chi connectivity index (χ3v) is 6.92. The predicted octanol–water partition coefficient (Wildman–Crippen LogP) is 1.51. The molecule has 0 radical (unpaired) electrons. The van der Waals surface area contributed by atoms with E-state index >= 15 is 0 Å². The van der Waals surface area contributed by atoms with Crippen LogP contribution in [0, 0.1) is 18.3 Å². The molecular weight excluding hydrogens is 348 g/mol. The molecule has 1 aromatic heterocycles. The first kappa shape index (κ1) is 19.7. The smallest absolute Gasteiger partial charge is 0.232 e. The van der Waals surface area contributed by atoms with E-state index in [4.69, 9.17) is 0 Å². The molecule has 0 aromatic carbocycles. The largest absolute Gasteiger partial charge is 0.396 e. The van der Waals surface area contributed by atoms with Crippen LogP contribution in [-0.2, 0) is 18.4 Å². The molecule has 0 aliphatic carbocycles. The van der Waals surface area contributed by atoms with Gasteiger partial charge in [-0.15, -0.1) is 0 Å². The lowest BCUT2D eigenvalue weighted by atomic mass is 9.64. The van der Waals surface area contributed by atoms with Crippen LogP contribution < -0.4 is 0 Å². The molecule has 6 nitrogen and oxygen atoms in total. The maximum atomic E-state index is 12.2. The van der Waals surface area contributed by atoms with Crippen molar-refractivity contribution in [1.82, 2.24) is 19.6 Å². The van der Waals surface area contributed by atoms with Gasteiger partial charge >= 0.3 is 0 Å². The van der Waals surface area contributed by atoms with Crippen molar-refractivity contribution in [2.45, 2.75) is 32.7 Å². The van der Waals surface area contributed by atoms with Gasteiger partial charge in [0, 0.05) is 51.0 Å². The van der Waals surface area contributed by atoms with Crippen molar-refractivity contribution in [2.75, 3.05) is 44.8 Å². The van der Waals surface area contributed by atoms with Crippen LogP contribution in [0.5, 0.6) is 0 Å². The van der Waals surface area contributed by atoms with Gasteiger partial charge in [0.2, 0.25) is 5.91 Å². The number of hydrogen-bond donors (Lipinski definition) is 1. The zero-order valence-electron chi connectivity index (χ0n) is 16.3. The van der Waals surface area contributed by atoms with Gasteiger partial charge in [-0.25, -0.2) is 0 Å². The highest BCUT2D eigenvalue weighted by molar-refractivity contribution is 7.99. The Kier molecular flexibility index (Phi) is 6.30. The van der Waals surface area contributed by atoms with Gasteiger partial charge in [0.05, 0.1) is 11.4 Å². The summed E-state index contributed by atoms with van der Waals surface area (Å²) in [6.07, 6.45) is 7.33. The van der Waals surface area contributed by atoms with Crippen molar-refractivity contribution in [1.29, 1.82) is 0 Å². The molecular formula is C19H32N4O2S. The van der Waals surface area contributed by atoms with E-state index in [0.29, 0.717) is 5.75 Å². The molecule has 2 fully saturated rings. The van der Waals surface area contributed by atoms with E-state index in [0.717, 1.165) is 57.7 Å². The summed E-state index contributed by atoms with van der Waals surface area (Å²) in [5, 5.41) is 14.5. The maximum Gasteiger partial charge on any atom is 0.232 e. The van der Waals surface area contributed by atoms with Crippen LogP contribution >= 0.6 is 11.8 Å². The average Bonchev–Trinajstić information content (AvgIpc) is 2.94. The van der Waals surface area contributed by atoms with Crippen molar-refractivity contribution in [3.63, 3.8) is 0 Å². The molecule has 1 spiro atoms. The molecule has 1 amide bonds. The Morgan fingerprint density at radius 2 is 2.04 bits per heavy atom. The number of hydrogen-bond acceptors (Lipinski definition) is 5. The lowest BCUT2D eigenvalue weighted by Gasteiger charge is -2.51. The van der Waals surface area contributed by atoms with Crippen molar-refractivity contribution >= 4 is 17.7 Å². The molecule has 146 valence electrons. The summed E-state index contributed by atoms with van der Waals surface area (Å²) in [5.74, 6) is 0.975. The standard InChI is InChI=1S/C19H32N4O2S/c1-15-16(10-21(2)20-15)11-22-7-4-19(5-8-22)6-9-23(12-17(19)13-24)18(25)14-26-3/h10,17,24H,4-9,11-14H2,1-3H3. The Hall–Kier alpha value is -1.05. The molecule has 1 atom stereocenters. The summed E-state index contributed by atoms with van der Waals surface area (Å²) in [4.78, 5) is 16.7. The minimum absolute atomic E-state index is 0.185. The first-order valence-electron chi connectivity index (χ1n) is 9.56. The first-order chi connectivity index (χ1) is 12.5. The number of aromatic nitrogens is 2. The van der Waals surface area contributed by atoms with E-state index in [9.17, 15) is 9.90 Å². The monoisotopic (exact) mass is 380 g/mol. The van der Waals surface area contributed by atoms with E-state index in [-0.39, 0.29) is 23.8 Å². The Bertz CT molecular complexity index is 625. The number of carbonyl (C=O) groups excluding carboxylic acids is 1. The zero-order chi connectivity index (χ0) is 18.7. The molecule has 26 heavy (non-hydrogen) atoms. The van der Waals surface area contributed by atoms with Crippen LogP contribution in [0.2, 0.25) is 0 Å². The fraction of sp³-hybridized carbons (Fsp3) is 0.789. The minimum Gasteiger partial charge on any atom is -0.396 e. The molecule has 2 aliphatic rings. The summed E-state index contributed by atoms with van der Waals surface area (Å²) in [5.41, 5.74) is 2.62. The van der Waals surface area contributed by atoms with Crippen LogP contribution in [0.1, 0.15) is 30.5 Å². The molecule has 2 saturated heterocycles. The van der Waals surface area contributed by atoms with Gasteiger partial charge in [0.15, 0.2) is 0 Å². The fourth-order valence-corrected chi connectivity index (χ4v) is 5.09. The lowest BCUT2D eigenvalue weighted by molar-refractivity contribution is -0.135. The van der Waals surface area contributed by atoms with Gasteiger partial charge in [0.1, 0.15) is 0 Å². The second-order valence-corrected chi connectivity index (χ2v) is 8.82. The van der Waals surface area contributed by atoms with E-state index in [1.54, 1.807) is 11.8 Å². The van der Waals surface area contributed by atoms with E-state index in [1.807, 2.05) is 22.9 Å². The van der Waals surface area contributed by atoms with Crippen LogP contribution in [0.25, 0.3) is 0 Å². The number of piperidine rings is 2. The minimum atomic E-state index is 0.185. The Morgan fingerprint density at radius 1 is 1.35 bits per heavy atom. The first-order valence-corrected chi connectivity index (χ1v) is 11.0. The SMILES string of the molecule is CSCC(=O)N1CCC2(CCN(Cc3cn(C)nc3C)CC2)C(CO)C1. The van der Waals surface area contributed by atoms with Crippen LogP contribution in [0.4, 0.5) is 0 Å². The molecule has 0 bridgehead atoms. The number of thioether (sulfide) groups is 1. The maximum absolute atomic E-state index is 12.2. The summed E-state index contributed by atoms with van der Waals surface area (Å²) >= 11 is 1.58. The topological polar surface area (TPSA) is 61.6 Å². The van der Waals surface area contributed by atoms with Gasteiger partial charge in [-0.2, -0.15) is 16.9 Å². The Labute approximate surface area is 160 Å². The molecule has 7 heteroatoms. The quantitative estimate of drug-likeness (QED) is 0.839. The molecule has 0 saturated carbocycles. The summed E-state index contributed by atoms with van der Waals surface area (Å²) in [7, 11) is 1.97. The van der Waals surface area contributed by atoms with Crippen LogP contribution in [-0.4, -0.2) is 75.4 Å². The number of aliphatic hydroxyl groups excluding tert-OH is 1. The van der Waals surface area contributed by atoms with Crippen molar-refractivity contribution in [3.05, 3.63) is 17.5 Å². The van der Waals surface area contributed by atoms with Gasteiger partial charge in [-0.05, 0) is 50.9 Å². The Morgan fingerprint density at radius 3 is 2.62 bits per heavy atom. The number of rotatable bonds is 5. The van der Waals surface area contributed by atoms with Crippen molar-refractivity contribution in [3.8, 4) is 0 Å². The molecule has 3 rings (SSSR count). The fourth-order valence-electron chi connectivity index (χ4n) is 4.66. The second kappa shape index (κ2) is 8.31. The normalized spacial score (nSPS) is 23.5. The average molecular weight is 381 g/mol. The van der Waals surface area contributed by atoms with Gasteiger partial charge in [0.25, 0.3) is 0 Å². The Balaban J connectivity index is 1.58. The summed E-state index contributed by atoms with van der Waals surface area (Å²) < 4.78 is 1.89. The second-order valence-electron chi connectivity index (χ2n) is 7.95. The van der Waals surface area contributed by atoms with Gasteiger partial charge < -0.3 is 10.0 Å². The number of aliphatic hydroxyl groups is 1. The third-order valence-electron chi connectivity index (χ3n) is 6.39. The predicted molar refractivity (Wildman–Crippen MR) is 105 cm³/mol. The van der Waals surface area contributed by atoms with Gasteiger partial charge in [-0.1, -0.05) is 0 Å². The number of likely N-dealkylation sites (tertiary alicyclic amines) is 2. The van der Waals surface area contributed by atoms with Gasteiger partial charge in [-0.3, -0.25) is 14.4 Å². The molecule has 1 aromatic rings. The number of amides is 1. The third kappa shape index (κ3) is 4.10. The van der Waals surface area contributed by atoms with E-state index in [1.165, 1.54) is 5.56 Å². The number of carbonyl (C=O) groups is 1. The van der Waals surface area contributed by atoms with E-state index in [2.05, 4.69) is 23.1 Å². The molecule has 3 heterocycles. The van der Waals surface area contributed by atoms with E-state index < -0.39 is 0 Å². The number of aryl methyl sites for hydroxylation is 2. The molecule has 1 unspecified atom stereocenters. The lowest BCUT2D eigenvalue weighted by Crippen LogP contribution is -2.54. The zero-order valence-corrected chi connectivity index (χ0v) is 17.1. The molecule has 2 aliphatic heterocycles. The molecule has 1 N–H and O–H groups in total. The summed E-state index contributed by atoms with van der Waals surface area (Å²) in [6.45, 7) is 6.90.